The molecule has 134 valence electrons. The Morgan fingerprint density at radius 1 is 1.00 bits per heavy atom. The van der Waals surface area contributed by atoms with Crippen LogP contribution in [-0.2, 0) is 0 Å². The van der Waals surface area contributed by atoms with Crippen molar-refractivity contribution >= 4 is 29.2 Å². The zero-order valence-corrected chi connectivity index (χ0v) is 14.7. The summed E-state index contributed by atoms with van der Waals surface area (Å²) in [6.45, 7) is 0. The molecule has 0 fully saturated rings. The highest BCUT2D eigenvalue weighted by Crippen LogP contribution is 2.32. The largest absolute Gasteiger partial charge is 0.502 e. The number of nitrogens with zero attached hydrogens (tertiary/aromatic N) is 3. The molecular formula is C20H14ClN3O3. The van der Waals surface area contributed by atoms with E-state index in [0.717, 1.165) is 17.2 Å². The molecule has 0 heterocycles. The fourth-order valence-corrected chi connectivity index (χ4v) is 2.69. The van der Waals surface area contributed by atoms with E-state index in [2.05, 4.69) is 10.2 Å². The summed E-state index contributed by atoms with van der Waals surface area (Å²) in [6.07, 6.45) is 1.24. The second-order valence-electron chi connectivity index (χ2n) is 5.55. The monoisotopic (exact) mass is 379 g/mol. The van der Waals surface area contributed by atoms with Gasteiger partial charge in [0.15, 0.2) is 0 Å². The van der Waals surface area contributed by atoms with Crippen LogP contribution in [0.2, 0.25) is 5.02 Å². The van der Waals surface area contributed by atoms with E-state index < -0.39 is 16.4 Å². The van der Waals surface area contributed by atoms with Crippen LogP contribution < -0.4 is 0 Å². The van der Waals surface area contributed by atoms with Crippen LogP contribution in [0.4, 0.5) is 5.69 Å². The molecule has 0 saturated heterocycles. The Hall–Kier alpha value is -3.51. The maximum Gasteiger partial charge on any atom is 0.312 e. The smallest absolute Gasteiger partial charge is 0.312 e. The predicted octanol–water partition coefficient (Wildman–Crippen LogP) is 4.83. The van der Waals surface area contributed by atoms with E-state index in [9.17, 15) is 15.2 Å². The number of nitro groups is 1. The van der Waals surface area contributed by atoms with Gasteiger partial charge in [-0.25, -0.2) is 0 Å². The molecule has 0 aliphatic carbocycles. The first-order valence-corrected chi connectivity index (χ1v) is 8.33. The highest BCUT2D eigenvalue weighted by molar-refractivity contribution is 6.31. The molecule has 0 aromatic heterocycles. The van der Waals surface area contributed by atoms with Gasteiger partial charge in [0.25, 0.3) is 0 Å². The van der Waals surface area contributed by atoms with Crippen molar-refractivity contribution in [1.29, 1.82) is 0 Å². The van der Waals surface area contributed by atoms with Crippen LogP contribution in [-0.4, -0.2) is 22.0 Å². The zero-order chi connectivity index (χ0) is 19.2. The lowest BCUT2D eigenvalue weighted by Gasteiger charge is -2.05. The minimum absolute atomic E-state index is 0.110. The van der Waals surface area contributed by atoms with E-state index in [-0.39, 0.29) is 10.6 Å². The summed E-state index contributed by atoms with van der Waals surface area (Å²) >= 11 is 5.89. The summed E-state index contributed by atoms with van der Waals surface area (Å²) in [5, 5.41) is 29.4. The maximum atomic E-state index is 11.0. The third-order valence-corrected chi connectivity index (χ3v) is 3.95. The number of hydrogen-bond donors (Lipinski definition) is 1. The van der Waals surface area contributed by atoms with Crippen molar-refractivity contribution in [3.05, 3.63) is 105 Å². The summed E-state index contributed by atoms with van der Waals surface area (Å²) in [5.74, 6) is -0.510. The Morgan fingerprint density at radius 2 is 1.56 bits per heavy atom. The Bertz CT molecular complexity index is 978. The zero-order valence-electron chi connectivity index (χ0n) is 14.0. The first-order valence-electron chi connectivity index (χ1n) is 7.95. The quantitative estimate of drug-likeness (QED) is 0.391. The van der Waals surface area contributed by atoms with Gasteiger partial charge in [-0.3, -0.25) is 10.1 Å². The minimum Gasteiger partial charge on any atom is -0.502 e. The summed E-state index contributed by atoms with van der Waals surface area (Å²) in [5.41, 5.74) is 1.98. The van der Waals surface area contributed by atoms with Crippen molar-refractivity contribution < 1.29 is 10.0 Å². The maximum absolute atomic E-state index is 11.0. The van der Waals surface area contributed by atoms with Gasteiger partial charge in [-0.05, 0) is 6.07 Å². The van der Waals surface area contributed by atoms with E-state index in [1.54, 1.807) is 0 Å². The molecule has 0 aliphatic heterocycles. The van der Waals surface area contributed by atoms with Gasteiger partial charge in [0.1, 0.15) is 5.71 Å². The minimum atomic E-state index is -0.707. The molecule has 6 nitrogen and oxygen atoms in total. The van der Waals surface area contributed by atoms with Gasteiger partial charge in [0.2, 0.25) is 5.75 Å². The summed E-state index contributed by atoms with van der Waals surface area (Å²) < 4.78 is 0. The van der Waals surface area contributed by atoms with Gasteiger partial charge < -0.3 is 5.11 Å². The van der Waals surface area contributed by atoms with E-state index in [1.165, 1.54) is 12.3 Å². The van der Waals surface area contributed by atoms with Crippen LogP contribution in [0, 0.1) is 10.1 Å². The molecule has 7 heteroatoms. The van der Waals surface area contributed by atoms with Crippen LogP contribution in [0.1, 0.15) is 16.7 Å². The van der Waals surface area contributed by atoms with Crippen molar-refractivity contribution in [2.75, 3.05) is 0 Å². The Labute approximate surface area is 160 Å². The van der Waals surface area contributed by atoms with Crippen LogP contribution in [0.15, 0.2) is 83.0 Å². The molecule has 3 rings (SSSR count). The van der Waals surface area contributed by atoms with Gasteiger partial charge in [-0.15, -0.1) is 5.10 Å². The molecule has 27 heavy (non-hydrogen) atoms. The molecule has 0 radical (unpaired) electrons. The van der Waals surface area contributed by atoms with Crippen molar-refractivity contribution in [2.24, 2.45) is 10.2 Å². The van der Waals surface area contributed by atoms with Crippen LogP contribution in [0.25, 0.3) is 0 Å². The van der Waals surface area contributed by atoms with Gasteiger partial charge in [0.05, 0.1) is 11.1 Å². The lowest BCUT2D eigenvalue weighted by molar-refractivity contribution is -0.385. The molecule has 1 N–H and O–H groups in total. The lowest BCUT2D eigenvalue weighted by Crippen LogP contribution is -2.02. The molecule has 0 amide bonds. The third kappa shape index (κ3) is 4.37. The Balaban J connectivity index is 2.02. The molecule has 0 atom stereocenters. The lowest BCUT2D eigenvalue weighted by atomic mass is 10.0. The van der Waals surface area contributed by atoms with E-state index in [0.29, 0.717) is 5.71 Å². The van der Waals surface area contributed by atoms with E-state index in [4.69, 9.17) is 11.6 Å². The second kappa shape index (κ2) is 8.25. The van der Waals surface area contributed by atoms with Gasteiger partial charge in [-0.1, -0.05) is 72.3 Å². The fourth-order valence-electron chi connectivity index (χ4n) is 2.47. The molecule has 3 aromatic carbocycles. The average Bonchev–Trinajstić information content (AvgIpc) is 2.68. The molecule has 0 aliphatic rings. The molecule has 3 aromatic rings. The van der Waals surface area contributed by atoms with Crippen LogP contribution in [0.5, 0.6) is 5.75 Å². The standard InChI is InChI=1S/C20H14ClN3O3/c21-17-11-16(20(25)18(12-17)24(26)27)13-22-23-19(14-7-3-1-4-8-14)15-9-5-2-6-10-15/h1-13,25H. The normalized spacial score (nSPS) is 10.7. The molecule has 0 unspecified atom stereocenters. The highest BCUT2D eigenvalue weighted by Gasteiger charge is 2.17. The number of aromatic hydroxyl groups is 1. The molecule has 0 bridgehead atoms. The van der Waals surface area contributed by atoms with Gasteiger partial charge >= 0.3 is 5.69 Å². The highest BCUT2D eigenvalue weighted by atomic mass is 35.5. The van der Waals surface area contributed by atoms with Crippen molar-refractivity contribution in [3.63, 3.8) is 0 Å². The first-order chi connectivity index (χ1) is 13.1. The number of hydrogen-bond acceptors (Lipinski definition) is 5. The van der Waals surface area contributed by atoms with Crippen molar-refractivity contribution in [2.45, 2.75) is 0 Å². The van der Waals surface area contributed by atoms with Gasteiger partial charge in [-0.2, -0.15) is 5.10 Å². The fraction of sp³-hybridized carbons (Fsp3) is 0. The number of rotatable bonds is 5. The van der Waals surface area contributed by atoms with Crippen molar-refractivity contribution in [1.82, 2.24) is 0 Å². The summed E-state index contributed by atoms with van der Waals surface area (Å²) in [7, 11) is 0. The van der Waals surface area contributed by atoms with Crippen LogP contribution >= 0.6 is 11.6 Å². The van der Waals surface area contributed by atoms with E-state index in [1.807, 2.05) is 60.7 Å². The van der Waals surface area contributed by atoms with E-state index >= 15 is 0 Å². The number of benzene rings is 3. The van der Waals surface area contributed by atoms with Crippen LogP contribution in [0.3, 0.4) is 0 Å². The number of phenolic OH excluding ortho intramolecular Hbond substituents is 1. The Morgan fingerprint density at radius 3 is 2.07 bits per heavy atom. The molecule has 0 spiro atoms. The summed E-state index contributed by atoms with van der Waals surface area (Å²) in [4.78, 5) is 10.3. The number of phenols is 1. The SMILES string of the molecule is O=[N+]([O-])c1cc(Cl)cc(C=NN=C(c2ccccc2)c2ccccc2)c1O. The average molecular weight is 380 g/mol. The topological polar surface area (TPSA) is 88.1 Å². The van der Waals surface area contributed by atoms with Crippen molar-refractivity contribution in [3.8, 4) is 5.75 Å². The summed E-state index contributed by atoms with van der Waals surface area (Å²) in [6, 6.07) is 21.5. The molecular weight excluding hydrogens is 366 g/mol. The Kier molecular flexibility index (Phi) is 5.58. The first kappa shape index (κ1) is 18.3. The second-order valence-corrected chi connectivity index (χ2v) is 5.98. The van der Waals surface area contributed by atoms with Gasteiger partial charge in [0, 0.05) is 27.8 Å². The third-order valence-electron chi connectivity index (χ3n) is 3.73. The predicted molar refractivity (Wildman–Crippen MR) is 106 cm³/mol. The number of halogens is 1. The number of nitro benzene ring substituents is 1. The molecule has 0 saturated carbocycles.